The van der Waals surface area contributed by atoms with Crippen molar-refractivity contribution in [3.63, 3.8) is 0 Å². The molecule has 0 radical (unpaired) electrons. The predicted molar refractivity (Wildman–Crippen MR) is 84.8 cm³/mol. The van der Waals surface area contributed by atoms with E-state index in [1.165, 1.54) is 6.07 Å². The Morgan fingerprint density at radius 3 is 2.41 bits per heavy atom. The summed E-state index contributed by atoms with van der Waals surface area (Å²) in [5.41, 5.74) is -0.145. The lowest BCUT2D eigenvalue weighted by Gasteiger charge is -2.32. The van der Waals surface area contributed by atoms with Crippen LogP contribution in [0.2, 0.25) is 0 Å². The zero-order valence-corrected chi connectivity index (χ0v) is 14.4. The Hall–Kier alpha value is -1.81. The van der Waals surface area contributed by atoms with Gasteiger partial charge >= 0.3 is 12.4 Å². The van der Waals surface area contributed by atoms with Gasteiger partial charge in [0.25, 0.3) is 0 Å². The van der Waals surface area contributed by atoms with Gasteiger partial charge in [0, 0.05) is 25.7 Å². The highest BCUT2D eigenvalue weighted by Crippen LogP contribution is 2.30. The first-order valence-electron chi connectivity index (χ1n) is 8.35. The number of nitrogens with zero attached hydrogens (tertiary/aromatic N) is 1. The third-order valence-electron chi connectivity index (χ3n) is 4.11. The van der Waals surface area contributed by atoms with Crippen LogP contribution >= 0.6 is 0 Å². The van der Waals surface area contributed by atoms with Gasteiger partial charge in [-0.1, -0.05) is 18.2 Å². The normalized spacial score (nSPS) is 17.1. The summed E-state index contributed by atoms with van der Waals surface area (Å²) < 4.78 is 78.4. The van der Waals surface area contributed by atoms with Crippen LogP contribution in [0.5, 0.6) is 0 Å². The Kier molecular flexibility index (Phi) is 7.10. The Morgan fingerprint density at radius 1 is 1.15 bits per heavy atom. The summed E-state index contributed by atoms with van der Waals surface area (Å²) in [6.07, 6.45) is -7.75. The smallest absolute Gasteiger partial charge is 0.362 e. The van der Waals surface area contributed by atoms with Crippen LogP contribution < -0.4 is 5.32 Å². The van der Waals surface area contributed by atoms with E-state index in [4.69, 9.17) is 0 Å². The quantitative estimate of drug-likeness (QED) is 0.748. The molecule has 1 amide bonds. The summed E-state index contributed by atoms with van der Waals surface area (Å²) in [6.45, 7) is -0.658. The van der Waals surface area contributed by atoms with Crippen molar-refractivity contribution < 1.29 is 35.9 Å². The van der Waals surface area contributed by atoms with Crippen molar-refractivity contribution in [3.05, 3.63) is 35.4 Å². The predicted octanol–water partition coefficient (Wildman–Crippen LogP) is 3.36. The fourth-order valence-corrected chi connectivity index (χ4v) is 2.87. The molecule has 1 fully saturated rings. The van der Waals surface area contributed by atoms with E-state index >= 15 is 0 Å². The average molecular weight is 398 g/mol. The van der Waals surface area contributed by atoms with Crippen LogP contribution in [-0.4, -0.2) is 49.3 Å². The van der Waals surface area contributed by atoms with Crippen molar-refractivity contribution in [2.75, 3.05) is 26.3 Å². The Labute approximate surface area is 152 Å². The number of likely N-dealkylation sites (tertiary alicyclic amines) is 1. The standard InChI is InChI=1S/C17H20F6N2O2/c18-16(19,20)11-27-10-15(26)24-14-4-6-25(7-5-14)9-12-2-1-3-13(8-12)17(21,22)23/h1-3,8,14H,4-7,9-11H2,(H,24,26). The number of carbonyl (C=O) groups is 1. The summed E-state index contributed by atoms with van der Waals surface area (Å²) in [7, 11) is 0. The molecule has 152 valence electrons. The zero-order valence-electron chi connectivity index (χ0n) is 14.4. The second kappa shape index (κ2) is 8.92. The van der Waals surface area contributed by atoms with Gasteiger partial charge < -0.3 is 10.1 Å². The van der Waals surface area contributed by atoms with Gasteiger partial charge in [0.15, 0.2) is 0 Å². The van der Waals surface area contributed by atoms with E-state index in [9.17, 15) is 31.1 Å². The van der Waals surface area contributed by atoms with Gasteiger partial charge in [0.1, 0.15) is 13.2 Å². The highest BCUT2D eigenvalue weighted by atomic mass is 19.4. The number of hydrogen-bond acceptors (Lipinski definition) is 3. The minimum absolute atomic E-state index is 0.190. The van der Waals surface area contributed by atoms with Crippen LogP contribution in [0.4, 0.5) is 26.3 Å². The summed E-state index contributed by atoms with van der Waals surface area (Å²) >= 11 is 0. The first kappa shape index (κ1) is 21.5. The lowest BCUT2D eigenvalue weighted by atomic mass is 10.0. The Balaban J connectivity index is 1.73. The van der Waals surface area contributed by atoms with E-state index < -0.39 is 37.0 Å². The van der Waals surface area contributed by atoms with Crippen molar-refractivity contribution in [1.82, 2.24) is 10.2 Å². The number of carbonyl (C=O) groups excluding carboxylic acids is 1. The van der Waals surface area contributed by atoms with Crippen LogP contribution in [0, 0.1) is 0 Å². The van der Waals surface area contributed by atoms with E-state index in [0.29, 0.717) is 38.0 Å². The Morgan fingerprint density at radius 2 is 1.81 bits per heavy atom. The average Bonchev–Trinajstić information content (AvgIpc) is 2.55. The van der Waals surface area contributed by atoms with E-state index in [1.807, 2.05) is 4.90 Å². The molecule has 0 bridgehead atoms. The number of benzene rings is 1. The molecule has 10 heteroatoms. The molecule has 1 aromatic rings. The number of hydrogen-bond donors (Lipinski definition) is 1. The number of halogens is 6. The van der Waals surface area contributed by atoms with Gasteiger partial charge in [-0.2, -0.15) is 26.3 Å². The molecule has 27 heavy (non-hydrogen) atoms. The van der Waals surface area contributed by atoms with Crippen LogP contribution in [0.3, 0.4) is 0 Å². The molecule has 0 unspecified atom stereocenters. The van der Waals surface area contributed by atoms with Gasteiger partial charge in [-0.15, -0.1) is 0 Å². The van der Waals surface area contributed by atoms with E-state index in [1.54, 1.807) is 6.07 Å². The molecule has 2 rings (SSSR count). The molecule has 1 aliphatic heterocycles. The Bertz CT molecular complexity index is 625. The molecule has 1 heterocycles. The largest absolute Gasteiger partial charge is 0.416 e. The van der Waals surface area contributed by atoms with Gasteiger partial charge in [0.05, 0.1) is 5.56 Å². The van der Waals surface area contributed by atoms with E-state index in [-0.39, 0.29) is 6.04 Å². The maximum Gasteiger partial charge on any atom is 0.416 e. The van der Waals surface area contributed by atoms with Crippen LogP contribution in [0.15, 0.2) is 24.3 Å². The molecule has 1 N–H and O–H groups in total. The van der Waals surface area contributed by atoms with E-state index in [2.05, 4.69) is 10.1 Å². The molecular weight excluding hydrogens is 378 g/mol. The molecule has 1 saturated heterocycles. The minimum Gasteiger partial charge on any atom is -0.362 e. The SMILES string of the molecule is O=C(COCC(F)(F)F)NC1CCN(Cc2cccc(C(F)(F)F)c2)CC1. The van der Waals surface area contributed by atoms with Crippen LogP contribution in [-0.2, 0) is 22.3 Å². The number of amides is 1. The second-order valence-corrected chi connectivity index (χ2v) is 6.42. The number of piperidine rings is 1. The van der Waals surface area contributed by atoms with Gasteiger partial charge in [-0.25, -0.2) is 0 Å². The van der Waals surface area contributed by atoms with Crippen LogP contribution in [0.25, 0.3) is 0 Å². The topological polar surface area (TPSA) is 41.6 Å². The van der Waals surface area contributed by atoms with Crippen molar-refractivity contribution in [2.45, 2.75) is 37.8 Å². The zero-order chi connectivity index (χ0) is 20.1. The summed E-state index contributed by atoms with van der Waals surface area (Å²) in [6, 6.07) is 4.94. The third kappa shape index (κ3) is 7.76. The maximum atomic E-state index is 12.7. The van der Waals surface area contributed by atoms with Gasteiger partial charge in [-0.05, 0) is 24.5 Å². The van der Waals surface area contributed by atoms with Gasteiger partial charge in [0.2, 0.25) is 5.91 Å². The number of alkyl halides is 6. The molecule has 0 atom stereocenters. The number of rotatable bonds is 6. The second-order valence-electron chi connectivity index (χ2n) is 6.42. The third-order valence-corrected chi connectivity index (χ3v) is 4.11. The first-order chi connectivity index (χ1) is 12.5. The summed E-state index contributed by atoms with van der Waals surface area (Å²) in [5, 5.41) is 2.61. The maximum absolute atomic E-state index is 12.7. The highest BCUT2D eigenvalue weighted by Gasteiger charge is 2.31. The monoisotopic (exact) mass is 398 g/mol. The number of ether oxygens (including phenoxy) is 1. The van der Waals surface area contributed by atoms with Crippen molar-refractivity contribution >= 4 is 5.91 Å². The summed E-state index contributed by atoms with van der Waals surface area (Å²) in [5.74, 6) is -0.615. The molecular formula is C17H20F6N2O2. The first-order valence-corrected chi connectivity index (χ1v) is 8.35. The van der Waals surface area contributed by atoms with E-state index in [0.717, 1.165) is 12.1 Å². The minimum atomic E-state index is -4.48. The van der Waals surface area contributed by atoms with Crippen molar-refractivity contribution in [3.8, 4) is 0 Å². The molecule has 0 spiro atoms. The lowest BCUT2D eigenvalue weighted by molar-refractivity contribution is -0.175. The number of nitrogens with one attached hydrogen (secondary N) is 1. The molecule has 0 aliphatic carbocycles. The molecule has 4 nitrogen and oxygen atoms in total. The molecule has 1 aromatic carbocycles. The fourth-order valence-electron chi connectivity index (χ4n) is 2.87. The molecule has 1 aliphatic rings. The molecule has 0 aromatic heterocycles. The highest BCUT2D eigenvalue weighted by molar-refractivity contribution is 5.77. The van der Waals surface area contributed by atoms with Crippen LogP contribution in [0.1, 0.15) is 24.0 Å². The van der Waals surface area contributed by atoms with Crippen molar-refractivity contribution in [2.24, 2.45) is 0 Å². The molecule has 0 saturated carbocycles. The van der Waals surface area contributed by atoms with Gasteiger partial charge in [-0.3, -0.25) is 9.69 Å². The summed E-state index contributed by atoms with van der Waals surface area (Å²) in [4.78, 5) is 13.5. The lowest BCUT2D eigenvalue weighted by Crippen LogP contribution is -2.45. The van der Waals surface area contributed by atoms with Crippen molar-refractivity contribution in [1.29, 1.82) is 0 Å². The fraction of sp³-hybridized carbons (Fsp3) is 0.588.